The SMILES string of the molecule is C=CO[C@H](CO)[C@@H](O)[C@H](C)O. The Labute approximate surface area is 65.7 Å². The maximum Gasteiger partial charge on any atom is 0.149 e. The van der Waals surface area contributed by atoms with Crippen molar-refractivity contribution in [2.45, 2.75) is 25.2 Å². The molecule has 3 atom stereocenters. The minimum atomic E-state index is -1.09. The van der Waals surface area contributed by atoms with Crippen molar-refractivity contribution in [2.75, 3.05) is 6.61 Å². The van der Waals surface area contributed by atoms with Gasteiger partial charge in [0.1, 0.15) is 12.2 Å². The van der Waals surface area contributed by atoms with Gasteiger partial charge in [0.15, 0.2) is 0 Å². The molecule has 3 N–H and O–H groups in total. The van der Waals surface area contributed by atoms with E-state index in [1.54, 1.807) is 0 Å². The summed E-state index contributed by atoms with van der Waals surface area (Å²) in [5, 5.41) is 26.6. The zero-order valence-electron chi connectivity index (χ0n) is 6.47. The lowest BCUT2D eigenvalue weighted by Crippen LogP contribution is -2.38. The van der Waals surface area contributed by atoms with Crippen LogP contribution in [0.1, 0.15) is 6.92 Å². The maximum atomic E-state index is 9.13. The van der Waals surface area contributed by atoms with E-state index in [-0.39, 0.29) is 6.61 Å². The molecule has 0 spiro atoms. The molecule has 0 fully saturated rings. The van der Waals surface area contributed by atoms with Crippen LogP contribution < -0.4 is 0 Å². The van der Waals surface area contributed by atoms with Gasteiger partial charge in [0, 0.05) is 0 Å². The predicted molar refractivity (Wildman–Crippen MR) is 39.8 cm³/mol. The number of aliphatic hydroxyl groups excluding tert-OH is 3. The average molecular weight is 162 g/mol. The highest BCUT2D eigenvalue weighted by atomic mass is 16.5. The molecule has 4 heteroatoms. The third-order valence-electron chi connectivity index (χ3n) is 1.33. The molecular formula is C7H14O4. The van der Waals surface area contributed by atoms with Crippen molar-refractivity contribution in [1.82, 2.24) is 0 Å². The van der Waals surface area contributed by atoms with E-state index in [0.29, 0.717) is 0 Å². The van der Waals surface area contributed by atoms with Crippen molar-refractivity contribution in [3.8, 4) is 0 Å². The molecule has 0 rings (SSSR count). The molecule has 0 aromatic carbocycles. The first-order valence-corrected chi connectivity index (χ1v) is 3.36. The highest BCUT2D eigenvalue weighted by Gasteiger charge is 2.22. The van der Waals surface area contributed by atoms with E-state index in [9.17, 15) is 0 Å². The number of aliphatic hydroxyl groups is 3. The van der Waals surface area contributed by atoms with Crippen molar-refractivity contribution in [3.63, 3.8) is 0 Å². The molecule has 66 valence electrons. The van der Waals surface area contributed by atoms with E-state index >= 15 is 0 Å². The van der Waals surface area contributed by atoms with Gasteiger partial charge in [-0.3, -0.25) is 0 Å². The first-order valence-electron chi connectivity index (χ1n) is 3.36. The molecule has 0 aliphatic carbocycles. The van der Waals surface area contributed by atoms with Gasteiger partial charge in [0.2, 0.25) is 0 Å². The molecule has 0 aromatic rings. The smallest absolute Gasteiger partial charge is 0.149 e. The molecule has 4 nitrogen and oxygen atoms in total. The minimum absolute atomic E-state index is 0.349. The van der Waals surface area contributed by atoms with Crippen LogP contribution in [0.15, 0.2) is 12.8 Å². The quantitative estimate of drug-likeness (QED) is 0.465. The molecule has 0 heterocycles. The molecule has 11 heavy (non-hydrogen) atoms. The summed E-state index contributed by atoms with van der Waals surface area (Å²) in [5.74, 6) is 0. The summed E-state index contributed by atoms with van der Waals surface area (Å²) in [6.07, 6.45) is -1.69. The highest BCUT2D eigenvalue weighted by Crippen LogP contribution is 2.03. The zero-order chi connectivity index (χ0) is 8.85. The molecule has 0 aliphatic rings. The summed E-state index contributed by atoms with van der Waals surface area (Å²) in [7, 11) is 0. The van der Waals surface area contributed by atoms with Crippen LogP contribution in [0.5, 0.6) is 0 Å². The van der Waals surface area contributed by atoms with E-state index in [1.165, 1.54) is 6.92 Å². The number of rotatable bonds is 5. The Morgan fingerprint density at radius 3 is 2.36 bits per heavy atom. The van der Waals surface area contributed by atoms with Crippen molar-refractivity contribution < 1.29 is 20.1 Å². The molecule has 0 saturated carbocycles. The van der Waals surface area contributed by atoms with Gasteiger partial charge in [-0.1, -0.05) is 6.58 Å². The van der Waals surface area contributed by atoms with Crippen molar-refractivity contribution in [2.24, 2.45) is 0 Å². The lowest BCUT2D eigenvalue weighted by atomic mass is 10.1. The van der Waals surface area contributed by atoms with Crippen LogP contribution in [0.25, 0.3) is 0 Å². The Hall–Kier alpha value is -0.580. The summed E-state index contributed by atoms with van der Waals surface area (Å²) < 4.78 is 4.72. The lowest BCUT2D eigenvalue weighted by Gasteiger charge is -2.22. The van der Waals surface area contributed by atoms with Crippen molar-refractivity contribution >= 4 is 0 Å². The van der Waals surface area contributed by atoms with E-state index < -0.39 is 18.3 Å². The Bertz CT molecular complexity index is 113. The van der Waals surface area contributed by atoms with Gasteiger partial charge >= 0.3 is 0 Å². The molecule has 0 aliphatic heterocycles. The van der Waals surface area contributed by atoms with Gasteiger partial charge in [-0.05, 0) is 6.92 Å². The topological polar surface area (TPSA) is 69.9 Å². The Kier molecular flexibility index (Phi) is 4.85. The van der Waals surface area contributed by atoms with E-state index in [4.69, 9.17) is 20.1 Å². The standard InChI is InChI=1S/C7H14O4/c1-3-11-6(4-8)7(10)5(2)9/h3,5-10H,1,4H2,2H3/t5-,6+,7-/m0/s1. The first kappa shape index (κ1) is 10.4. The highest BCUT2D eigenvalue weighted by molar-refractivity contribution is 4.74. The Morgan fingerprint density at radius 2 is 2.09 bits per heavy atom. The van der Waals surface area contributed by atoms with E-state index in [0.717, 1.165) is 6.26 Å². The lowest BCUT2D eigenvalue weighted by molar-refractivity contribution is -0.0748. The molecule has 0 saturated heterocycles. The summed E-state index contributed by atoms with van der Waals surface area (Å²) in [6, 6.07) is 0. The van der Waals surface area contributed by atoms with Crippen molar-refractivity contribution in [3.05, 3.63) is 12.8 Å². The largest absolute Gasteiger partial charge is 0.493 e. The fourth-order valence-corrected chi connectivity index (χ4v) is 0.666. The summed E-state index contributed by atoms with van der Waals surface area (Å²) in [6.45, 7) is 4.33. The van der Waals surface area contributed by atoms with Gasteiger partial charge in [-0.25, -0.2) is 0 Å². The van der Waals surface area contributed by atoms with Gasteiger partial charge in [0.25, 0.3) is 0 Å². The summed E-state index contributed by atoms with van der Waals surface area (Å²) in [4.78, 5) is 0. The van der Waals surface area contributed by atoms with Crippen LogP contribution in [-0.2, 0) is 4.74 Å². The molecule has 0 amide bonds. The Morgan fingerprint density at radius 1 is 1.55 bits per heavy atom. The maximum absolute atomic E-state index is 9.13. The number of hydrogen-bond donors (Lipinski definition) is 3. The Balaban J connectivity index is 3.90. The molecule has 0 bridgehead atoms. The number of hydrogen-bond acceptors (Lipinski definition) is 4. The third kappa shape index (κ3) is 3.36. The van der Waals surface area contributed by atoms with E-state index in [1.807, 2.05) is 0 Å². The second kappa shape index (κ2) is 5.12. The van der Waals surface area contributed by atoms with Crippen LogP contribution >= 0.6 is 0 Å². The fraction of sp³-hybridized carbons (Fsp3) is 0.714. The second-order valence-electron chi connectivity index (χ2n) is 2.25. The van der Waals surface area contributed by atoms with Crippen molar-refractivity contribution in [1.29, 1.82) is 0 Å². The molecule has 0 aromatic heterocycles. The summed E-state index contributed by atoms with van der Waals surface area (Å²) >= 11 is 0. The summed E-state index contributed by atoms with van der Waals surface area (Å²) in [5.41, 5.74) is 0. The predicted octanol–water partition coefficient (Wildman–Crippen LogP) is -0.751. The monoisotopic (exact) mass is 162 g/mol. The zero-order valence-corrected chi connectivity index (χ0v) is 6.47. The van der Waals surface area contributed by atoms with E-state index in [2.05, 4.69) is 6.58 Å². The first-order chi connectivity index (χ1) is 5.13. The van der Waals surface area contributed by atoms with Crippen LogP contribution in [0.3, 0.4) is 0 Å². The van der Waals surface area contributed by atoms with Crippen LogP contribution in [0.2, 0.25) is 0 Å². The third-order valence-corrected chi connectivity index (χ3v) is 1.33. The molecular weight excluding hydrogens is 148 g/mol. The van der Waals surface area contributed by atoms with Crippen LogP contribution in [0, 0.1) is 0 Å². The normalized spacial score (nSPS) is 18.5. The van der Waals surface area contributed by atoms with Gasteiger partial charge in [-0.2, -0.15) is 0 Å². The van der Waals surface area contributed by atoms with Gasteiger partial charge < -0.3 is 20.1 Å². The van der Waals surface area contributed by atoms with Crippen LogP contribution in [-0.4, -0.2) is 40.2 Å². The fourth-order valence-electron chi connectivity index (χ4n) is 0.666. The second-order valence-corrected chi connectivity index (χ2v) is 2.25. The average Bonchev–Trinajstić information content (AvgIpc) is 1.98. The number of ether oxygens (including phenoxy) is 1. The van der Waals surface area contributed by atoms with Gasteiger partial charge in [0.05, 0.1) is 19.0 Å². The molecule has 0 unspecified atom stereocenters. The molecule has 0 radical (unpaired) electrons. The minimum Gasteiger partial charge on any atom is -0.493 e. The van der Waals surface area contributed by atoms with Crippen LogP contribution in [0.4, 0.5) is 0 Å². The van der Waals surface area contributed by atoms with Gasteiger partial charge in [-0.15, -0.1) is 0 Å².